The van der Waals surface area contributed by atoms with Crippen molar-refractivity contribution >= 4 is 10.0 Å². The highest BCUT2D eigenvalue weighted by molar-refractivity contribution is 7.89. The maximum Gasteiger partial charge on any atom is 0.243 e. The van der Waals surface area contributed by atoms with E-state index >= 15 is 0 Å². The molecule has 19 heavy (non-hydrogen) atoms. The van der Waals surface area contributed by atoms with Gasteiger partial charge in [-0.2, -0.15) is 4.31 Å². The molecule has 0 saturated heterocycles. The Morgan fingerprint density at radius 2 is 1.95 bits per heavy atom. The summed E-state index contributed by atoms with van der Waals surface area (Å²) in [5.41, 5.74) is 6.18. The number of hydrogen-bond donors (Lipinski definition) is 1. The van der Waals surface area contributed by atoms with Crippen molar-refractivity contribution in [2.24, 2.45) is 5.73 Å². The van der Waals surface area contributed by atoms with Crippen molar-refractivity contribution in [3.8, 4) is 0 Å². The molecular weight excluding hydrogens is 260 g/mol. The number of likely N-dealkylation sites (N-methyl/N-ethyl adjacent to an activating group) is 1. The second-order valence-electron chi connectivity index (χ2n) is 5.04. The first-order chi connectivity index (χ1) is 8.81. The van der Waals surface area contributed by atoms with Crippen molar-refractivity contribution < 1.29 is 8.42 Å². The normalized spacial score (nSPS) is 15.5. The van der Waals surface area contributed by atoms with Crippen LogP contribution in [0.1, 0.15) is 32.8 Å². The van der Waals surface area contributed by atoms with Crippen LogP contribution in [0.3, 0.4) is 0 Å². The van der Waals surface area contributed by atoms with E-state index in [2.05, 4.69) is 0 Å². The van der Waals surface area contributed by atoms with Crippen molar-refractivity contribution in [2.45, 2.75) is 44.6 Å². The summed E-state index contributed by atoms with van der Waals surface area (Å²) >= 11 is 0. The predicted octanol–water partition coefficient (Wildman–Crippen LogP) is 2.13. The number of rotatable bonds is 6. The van der Waals surface area contributed by atoms with Gasteiger partial charge in [-0.3, -0.25) is 0 Å². The lowest BCUT2D eigenvalue weighted by molar-refractivity contribution is 0.214. The summed E-state index contributed by atoms with van der Waals surface area (Å²) in [6, 6.07) is 6.99. The third kappa shape index (κ3) is 3.16. The molecule has 5 heteroatoms. The van der Waals surface area contributed by atoms with Crippen molar-refractivity contribution in [2.75, 3.05) is 13.1 Å². The summed E-state index contributed by atoms with van der Waals surface area (Å²) < 4.78 is 27.0. The molecule has 0 aliphatic rings. The van der Waals surface area contributed by atoms with Gasteiger partial charge in [-0.05, 0) is 38.0 Å². The van der Waals surface area contributed by atoms with Crippen LogP contribution in [-0.4, -0.2) is 31.4 Å². The van der Waals surface area contributed by atoms with Gasteiger partial charge in [0.25, 0.3) is 0 Å². The molecule has 0 bridgehead atoms. The number of benzene rings is 1. The van der Waals surface area contributed by atoms with E-state index in [1.807, 2.05) is 33.8 Å². The number of sulfonamides is 1. The Hall–Kier alpha value is -0.910. The molecule has 0 fully saturated rings. The van der Waals surface area contributed by atoms with Gasteiger partial charge in [0.15, 0.2) is 0 Å². The first-order valence-electron chi connectivity index (χ1n) is 6.61. The second kappa shape index (κ2) is 6.03. The average molecular weight is 284 g/mol. The monoisotopic (exact) mass is 284 g/mol. The molecule has 1 aromatic carbocycles. The lowest BCUT2D eigenvalue weighted by Crippen LogP contribution is -2.53. The van der Waals surface area contributed by atoms with E-state index in [0.29, 0.717) is 24.4 Å². The fraction of sp³-hybridized carbons (Fsp3) is 0.571. The van der Waals surface area contributed by atoms with Crippen LogP contribution in [0.25, 0.3) is 0 Å². The molecule has 0 aromatic heterocycles. The molecule has 0 amide bonds. The van der Waals surface area contributed by atoms with Gasteiger partial charge in [0.2, 0.25) is 10.0 Å². The third-order valence-corrected chi connectivity index (χ3v) is 5.80. The van der Waals surface area contributed by atoms with E-state index in [4.69, 9.17) is 5.73 Å². The minimum absolute atomic E-state index is 0.308. The van der Waals surface area contributed by atoms with Gasteiger partial charge >= 0.3 is 0 Å². The zero-order valence-corrected chi connectivity index (χ0v) is 13.0. The number of nitrogens with two attached hydrogens (primary N) is 1. The van der Waals surface area contributed by atoms with Crippen LogP contribution in [-0.2, 0) is 10.0 Å². The summed E-state index contributed by atoms with van der Waals surface area (Å²) in [6.07, 6.45) is 0.683. The molecule has 0 heterocycles. The van der Waals surface area contributed by atoms with Crippen LogP contribution >= 0.6 is 0 Å². The minimum Gasteiger partial charge on any atom is -0.329 e. The van der Waals surface area contributed by atoms with Gasteiger partial charge in [-0.25, -0.2) is 8.42 Å². The Bertz CT molecular complexity index is 522. The fourth-order valence-corrected chi connectivity index (χ4v) is 4.13. The highest BCUT2D eigenvalue weighted by Gasteiger charge is 2.37. The van der Waals surface area contributed by atoms with E-state index in [-0.39, 0.29) is 0 Å². The molecule has 0 saturated carbocycles. The summed E-state index contributed by atoms with van der Waals surface area (Å²) in [6.45, 7) is 8.31. The lowest BCUT2D eigenvalue weighted by atomic mass is 9.99. The van der Waals surface area contributed by atoms with Crippen molar-refractivity contribution in [3.05, 3.63) is 29.8 Å². The van der Waals surface area contributed by atoms with Crippen LogP contribution in [0, 0.1) is 6.92 Å². The van der Waals surface area contributed by atoms with Gasteiger partial charge in [0.1, 0.15) is 0 Å². The van der Waals surface area contributed by atoms with Gasteiger partial charge in [-0.15, -0.1) is 0 Å². The maximum absolute atomic E-state index is 12.8. The smallest absolute Gasteiger partial charge is 0.243 e. The standard InChI is InChI=1S/C14H24N2O2S/c1-5-14(4,11-15)16(6-2)19(17,18)13-9-7-8-12(3)10-13/h7-10H,5-6,11,15H2,1-4H3. The SMILES string of the molecule is CCN(C(C)(CC)CN)S(=O)(=O)c1cccc(C)c1. The zero-order chi connectivity index (χ0) is 14.7. The van der Waals surface area contributed by atoms with Crippen LogP contribution in [0.5, 0.6) is 0 Å². The van der Waals surface area contributed by atoms with Crippen molar-refractivity contribution in [3.63, 3.8) is 0 Å². The molecule has 0 radical (unpaired) electrons. The molecule has 1 rings (SSSR count). The summed E-state index contributed by atoms with van der Waals surface area (Å²) in [7, 11) is -3.50. The van der Waals surface area contributed by atoms with E-state index < -0.39 is 15.6 Å². The number of aryl methyl sites for hydroxylation is 1. The van der Waals surface area contributed by atoms with E-state index in [0.717, 1.165) is 5.56 Å². The Morgan fingerprint density at radius 1 is 1.32 bits per heavy atom. The van der Waals surface area contributed by atoms with Crippen LogP contribution in [0.2, 0.25) is 0 Å². The van der Waals surface area contributed by atoms with Gasteiger partial charge in [0, 0.05) is 18.6 Å². The largest absolute Gasteiger partial charge is 0.329 e. The van der Waals surface area contributed by atoms with Gasteiger partial charge in [0.05, 0.1) is 4.90 Å². The van der Waals surface area contributed by atoms with Crippen molar-refractivity contribution in [1.29, 1.82) is 0 Å². The predicted molar refractivity (Wildman–Crippen MR) is 78.5 cm³/mol. The molecule has 4 nitrogen and oxygen atoms in total. The van der Waals surface area contributed by atoms with Crippen LogP contribution in [0.15, 0.2) is 29.2 Å². The minimum atomic E-state index is -3.50. The zero-order valence-electron chi connectivity index (χ0n) is 12.2. The molecule has 0 spiro atoms. The highest BCUT2D eigenvalue weighted by atomic mass is 32.2. The highest BCUT2D eigenvalue weighted by Crippen LogP contribution is 2.26. The van der Waals surface area contributed by atoms with E-state index in [1.54, 1.807) is 18.2 Å². The van der Waals surface area contributed by atoms with Crippen LogP contribution in [0.4, 0.5) is 0 Å². The Labute approximate surface area is 116 Å². The van der Waals surface area contributed by atoms with Crippen LogP contribution < -0.4 is 5.73 Å². The summed E-state index contributed by atoms with van der Waals surface area (Å²) in [5, 5.41) is 0. The van der Waals surface area contributed by atoms with Gasteiger partial charge < -0.3 is 5.73 Å². The molecule has 0 aliphatic heterocycles. The number of hydrogen-bond acceptors (Lipinski definition) is 3. The Balaban J connectivity index is 3.31. The fourth-order valence-electron chi connectivity index (χ4n) is 2.17. The first-order valence-corrected chi connectivity index (χ1v) is 8.05. The third-order valence-electron chi connectivity index (χ3n) is 3.67. The Kier molecular flexibility index (Phi) is 5.12. The van der Waals surface area contributed by atoms with Crippen molar-refractivity contribution in [1.82, 2.24) is 4.31 Å². The molecule has 2 N–H and O–H groups in total. The molecule has 1 aromatic rings. The van der Waals surface area contributed by atoms with Gasteiger partial charge in [-0.1, -0.05) is 26.0 Å². The molecular formula is C14H24N2O2S. The molecule has 108 valence electrons. The maximum atomic E-state index is 12.8. The molecule has 1 unspecified atom stereocenters. The Morgan fingerprint density at radius 3 is 2.37 bits per heavy atom. The van der Waals surface area contributed by atoms with E-state index in [9.17, 15) is 8.42 Å². The summed E-state index contributed by atoms with van der Waals surface area (Å²) in [4.78, 5) is 0.336. The topological polar surface area (TPSA) is 63.4 Å². The summed E-state index contributed by atoms with van der Waals surface area (Å²) in [5.74, 6) is 0. The average Bonchev–Trinajstić information content (AvgIpc) is 2.39. The molecule has 0 aliphatic carbocycles. The number of nitrogens with zero attached hydrogens (tertiary/aromatic N) is 1. The lowest BCUT2D eigenvalue weighted by Gasteiger charge is -2.38. The second-order valence-corrected chi connectivity index (χ2v) is 6.90. The quantitative estimate of drug-likeness (QED) is 0.870. The first kappa shape index (κ1) is 16.1. The molecule has 1 atom stereocenters. The van der Waals surface area contributed by atoms with E-state index in [1.165, 1.54) is 4.31 Å².